The fourth-order valence-corrected chi connectivity index (χ4v) is 0.865. The van der Waals surface area contributed by atoms with Crippen molar-refractivity contribution in [3.8, 4) is 0 Å². The Balaban J connectivity index is 3.05. The third-order valence-electron chi connectivity index (χ3n) is 1.29. The summed E-state index contributed by atoms with van der Waals surface area (Å²) in [5.74, 6) is 0.910. The summed E-state index contributed by atoms with van der Waals surface area (Å²) in [6, 6.07) is 0. The van der Waals surface area contributed by atoms with Crippen LogP contribution in [0.2, 0.25) is 0 Å². The molecule has 0 aliphatic carbocycles. The maximum absolute atomic E-state index is 3.89. The van der Waals surface area contributed by atoms with Gasteiger partial charge in [0.1, 0.15) is 5.82 Å². The minimum absolute atomic E-state index is 0.0399. The lowest BCUT2D eigenvalue weighted by molar-refractivity contribution is 0.537. The van der Waals surface area contributed by atoms with Crippen molar-refractivity contribution in [2.45, 2.75) is 26.2 Å². The molecular weight excluding hydrogens is 127 g/mol. The molecule has 1 heterocycles. The zero-order valence-corrected chi connectivity index (χ0v) is 6.79. The molecule has 0 bridgehead atoms. The SMILES string of the molecule is Bn1nnnc1C(C)(C)C. The first-order valence-corrected chi connectivity index (χ1v) is 3.24. The van der Waals surface area contributed by atoms with Crippen molar-refractivity contribution in [2.24, 2.45) is 0 Å². The Kier molecular flexibility index (Phi) is 1.50. The third-order valence-corrected chi connectivity index (χ3v) is 1.29. The van der Waals surface area contributed by atoms with Gasteiger partial charge in [-0.25, -0.2) is 0 Å². The Labute approximate surface area is 61.0 Å². The maximum Gasteiger partial charge on any atom is 0.253 e. The first kappa shape index (κ1) is 7.24. The summed E-state index contributed by atoms with van der Waals surface area (Å²) in [5, 5.41) is 11.2. The second kappa shape index (κ2) is 2.07. The van der Waals surface area contributed by atoms with Crippen LogP contribution in [0, 0.1) is 0 Å². The van der Waals surface area contributed by atoms with E-state index >= 15 is 0 Å². The highest BCUT2D eigenvalue weighted by Gasteiger charge is 2.19. The van der Waals surface area contributed by atoms with Gasteiger partial charge >= 0.3 is 0 Å². The first-order chi connectivity index (χ1) is 4.52. The number of hydrogen-bond donors (Lipinski definition) is 0. The van der Waals surface area contributed by atoms with E-state index in [-0.39, 0.29) is 5.41 Å². The van der Waals surface area contributed by atoms with Gasteiger partial charge in [0.2, 0.25) is 0 Å². The largest absolute Gasteiger partial charge is 0.286 e. The molecule has 0 aliphatic heterocycles. The lowest BCUT2D eigenvalue weighted by atomic mass is 9.95. The molecule has 0 saturated carbocycles. The monoisotopic (exact) mass is 138 g/mol. The molecule has 0 aromatic carbocycles. The van der Waals surface area contributed by atoms with Gasteiger partial charge in [-0.2, -0.15) is 0 Å². The van der Waals surface area contributed by atoms with Crippen molar-refractivity contribution in [3.63, 3.8) is 0 Å². The molecule has 0 unspecified atom stereocenters. The van der Waals surface area contributed by atoms with E-state index in [0.29, 0.717) is 0 Å². The highest BCUT2D eigenvalue weighted by molar-refractivity contribution is 6.06. The van der Waals surface area contributed by atoms with Crippen molar-refractivity contribution >= 4 is 7.98 Å². The predicted molar refractivity (Wildman–Crippen MR) is 40.5 cm³/mol. The van der Waals surface area contributed by atoms with E-state index < -0.39 is 0 Å². The van der Waals surface area contributed by atoms with Crippen molar-refractivity contribution < 1.29 is 0 Å². The third kappa shape index (κ3) is 1.17. The number of rotatable bonds is 0. The molecule has 0 fully saturated rings. The number of hydrogen-bond acceptors (Lipinski definition) is 3. The molecule has 5 heteroatoms. The molecule has 0 radical (unpaired) electrons. The summed E-state index contributed by atoms with van der Waals surface area (Å²) in [5.41, 5.74) is 0.0399. The average Bonchev–Trinajstić information content (AvgIpc) is 2.11. The van der Waals surface area contributed by atoms with Crippen molar-refractivity contribution in [3.05, 3.63) is 5.82 Å². The van der Waals surface area contributed by atoms with Crippen molar-refractivity contribution in [1.82, 2.24) is 20.1 Å². The Morgan fingerprint density at radius 3 is 2.20 bits per heavy atom. The number of aromatic nitrogens is 4. The molecule has 1 rings (SSSR count). The van der Waals surface area contributed by atoms with Gasteiger partial charge in [-0.05, 0) is 5.21 Å². The fraction of sp³-hybridized carbons (Fsp3) is 0.800. The van der Waals surface area contributed by atoms with E-state index in [4.69, 9.17) is 0 Å². The quantitative estimate of drug-likeness (QED) is 0.448. The number of tetrazole rings is 1. The van der Waals surface area contributed by atoms with E-state index in [1.165, 1.54) is 0 Å². The lowest BCUT2D eigenvalue weighted by Crippen LogP contribution is -2.18. The van der Waals surface area contributed by atoms with E-state index in [9.17, 15) is 0 Å². The van der Waals surface area contributed by atoms with Gasteiger partial charge in [-0.3, -0.25) is 4.59 Å². The molecule has 0 amide bonds. The fourth-order valence-electron chi connectivity index (χ4n) is 0.865. The highest BCUT2D eigenvalue weighted by Crippen LogP contribution is 2.16. The smallest absolute Gasteiger partial charge is 0.253 e. The predicted octanol–water partition coefficient (Wildman–Crippen LogP) is -0.633. The lowest BCUT2D eigenvalue weighted by Gasteiger charge is -2.14. The zero-order valence-electron chi connectivity index (χ0n) is 6.79. The van der Waals surface area contributed by atoms with Crippen LogP contribution >= 0.6 is 0 Å². The van der Waals surface area contributed by atoms with Gasteiger partial charge < -0.3 is 0 Å². The minimum atomic E-state index is 0.0399. The van der Waals surface area contributed by atoms with Gasteiger partial charge in [0.15, 0.2) is 0 Å². The van der Waals surface area contributed by atoms with E-state index in [1.54, 1.807) is 4.59 Å². The van der Waals surface area contributed by atoms with Crippen LogP contribution in [0.3, 0.4) is 0 Å². The molecule has 0 saturated heterocycles. The zero-order chi connectivity index (χ0) is 7.78. The molecule has 0 aliphatic rings. The Hall–Kier alpha value is -0.865. The Morgan fingerprint density at radius 1 is 1.40 bits per heavy atom. The van der Waals surface area contributed by atoms with Crippen LogP contribution in [0.5, 0.6) is 0 Å². The Morgan fingerprint density at radius 2 is 2.00 bits per heavy atom. The van der Waals surface area contributed by atoms with Gasteiger partial charge in [0.05, 0.1) is 0 Å². The second-order valence-electron chi connectivity index (χ2n) is 3.38. The van der Waals surface area contributed by atoms with E-state index in [2.05, 4.69) is 36.3 Å². The molecule has 0 spiro atoms. The minimum Gasteiger partial charge on any atom is -0.286 e. The Bertz CT molecular complexity index is 224. The van der Waals surface area contributed by atoms with Crippen LogP contribution in [0.1, 0.15) is 26.6 Å². The van der Waals surface area contributed by atoms with Gasteiger partial charge in [0.25, 0.3) is 7.98 Å². The van der Waals surface area contributed by atoms with Crippen molar-refractivity contribution in [2.75, 3.05) is 0 Å². The van der Waals surface area contributed by atoms with Crippen LogP contribution < -0.4 is 0 Å². The topological polar surface area (TPSA) is 43.6 Å². The van der Waals surface area contributed by atoms with Crippen LogP contribution in [0.15, 0.2) is 0 Å². The standard InChI is InChI=1S/C5H11BN4/c1-5(2,3)4-7-8-9-10(4)6/h6H2,1-3H3. The molecular formula is C5H11BN4. The first-order valence-electron chi connectivity index (χ1n) is 3.24. The molecule has 0 atom stereocenters. The molecule has 54 valence electrons. The molecule has 10 heavy (non-hydrogen) atoms. The molecule has 1 aromatic rings. The van der Waals surface area contributed by atoms with Crippen LogP contribution in [-0.2, 0) is 5.41 Å². The maximum atomic E-state index is 3.89. The average molecular weight is 138 g/mol. The van der Waals surface area contributed by atoms with Gasteiger partial charge in [-0.1, -0.05) is 26.0 Å². The molecule has 1 aromatic heterocycles. The normalized spacial score (nSPS) is 11.9. The summed E-state index contributed by atoms with van der Waals surface area (Å²) in [6.07, 6.45) is 0. The van der Waals surface area contributed by atoms with E-state index in [1.807, 2.05) is 7.98 Å². The van der Waals surface area contributed by atoms with E-state index in [0.717, 1.165) is 5.82 Å². The molecule has 0 N–H and O–H groups in total. The summed E-state index contributed by atoms with van der Waals surface area (Å²) in [6.45, 7) is 6.25. The van der Waals surface area contributed by atoms with Crippen molar-refractivity contribution in [1.29, 1.82) is 0 Å². The van der Waals surface area contributed by atoms with Gasteiger partial charge in [0, 0.05) is 5.41 Å². The van der Waals surface area contributed by atoms with Crippen LogP contribution in [0.25, 0.3) is 0 Å². The number of nitrogens with zero attached hydrogens (tertiary/aromatic N) is 4. The summed E-state index contributed by atoms with van der Waals surface area (Å²) in [4.78, 5) is 0. The van der Waals surface area contributed by atoms with Crippen LogP contribution in [-0.4, -0.2) is 28.1 Å². The summed E-state index contributed by atoms with van der Waals surface area (Å²) in [7, 11) is 1.85. The highest BCUT2D eigenvalue weighted by atomic mass is 15.5. The second-order valence-corrected chi connectivity index (χ2v) is 3.38. The summed E-state index contributed by atoms with van der Waals surface area (Å²) < 4.78 is 1.69. The van der Waals surface area contributed by atoms with Gasteiger partial charge in [-0.15, -0.1) is 5.10 Å². The summed E-state index contributed by atoms with van der Waals surface area (Å²) >= 11 is 0. The van der Waals surface area contributed by atoms with Crippen LogP contribution in [0.4, 0.5) is 0 Å². The molecule has 4 nitrogen and oxygen atoms in total.